The summed E-state index contributed by atoms with van der Waals surface area (Å²) in [7, 11) is 0. The van der Waals surface area contributed by atoms with Crippen molar-refractivity contribution in [3.8, 4) is 17.2 Å². The van der Waals surface area contributed by atoms with Gasteiger partial charge in [0.1, 0.15) is 5.75 Å². The van der Waals surface area contributed by atoms with Crippen LogP contribution in [0.3, 0.4) is 0 Å². The monoisotopic (exact) mass is 444 g/mol. The Morgan fingerprint density at radius 3 is 2.41 bits per heavy atom. The molecule has 2 rings (SSSR count). The van der Waals surface area contributed by atoms with Gasteiger partial charge in [-0.3, -0.25) is 4.79 Å². The van der Waals surface area contributed by atoms with Crippen LogP contribution >= 0.6 is 0 Å². The van der Waals surface area contributed by atoms with Crippen LogP contribution in [0.4, 0.5) is 0 Å². The summed E-state index contributed by atoms with van der Waals surface area (Å²) in [4.78, 5) is 12.1. The minimum atomic E-state index is -0.854. The molecule has 0 saturated carbocycles. The summed E-state index contributed by atoms with van der Waals surface area (Å²) in [5.74, 6) is -0.738. The second-order valence-electron chi connectivity index (χ2n) is 5.80. The van der Waals surface area contributed by atoms with E-state index in [2.05, 4.69) is 24.4 Å². The standard InChI is InChI=1S/C18H19N2O5.C3H7.Ni/c1-11(21)10-25-17-6-4-3-5-14(17)12(2)19-20-18(24)13-7-8-15(22)16(23)9-13;1-3-2;/h3-9,11,21-23H,1,10H2,2H3,(H,20,24);1,3H2,2H3;/q2*-1;+2/b19-12+;;. The number of hydrogen-bond acceptors (Lipinski definition) is 6. The third kappa shape index (κ3) is 8.98. The third-order valence-corrected chi connectivity index (χ3v) is 3.27. The maximum Gasteiger partial charge on any atom is 2.00 e. The Morgan fingerprint density at radius 2 is 1.83 bits per heavy atom. The summed E-state index contributed by atoms with van der Waals surface area (Å²) in [6.45, 7) is 10.7. The number of aromatic hydroxyl groups is 2. The van der Waals surface area contributed by atoms with Crippen LogP contribution in [0.1, 0.15) is 36.2 Å². The fourth-order valence-electron chi connectivity index (χ4n) is 2.00. The summed E-state index contributed by atoms with van der Waals surface area (Å²) >= 11 is 0. The van der Waals surface area contributed by atoms with Crippen molar-refractivity contribution in [1.29, 1.82) is 0 Å². The molecular formula is C21H26N2NiO5. The predicted octanol–water partition coefficient (Wildman–Crippen LogP) is 3.05. The first kappa shape index (κ1) is 26.4. The van der Waals surface area contributed by atoms with Crippen molar-refractivity contribution >= 4 is 11.6 Å². The van der Waals surface area contributed by atoms with Crippen molar-refractivity contribution < 1.29 is 41.3 Å². The van der Waals surface area contributed by atoms with Crippen LogP contribution in [-0.4, -0.2) is 39.6 Å². The molecule has 0 aliphatic carbocycles. The number of nitrogens with one attached hydrogen (secondary N) is 1. The average Bonchev–Trinajstić information content (AvgIpc) is 2.67. The Bertz CT molecular complexity index is 809. The zero-order chi connectivity index (χ0) is 21.1. The SMILES string of the molecule is [CH2-]C(O)COc1ccccc1/C(C)=N/NC(=O)c1ccc(O)c(O)c1.[CH2-]CC.[Ni+2]. The molecule has 160 valence electrons. The van der Waals surface area contributed by atoms with Crippen LogP contribution in [-0.2, 0) is 16.5 Å². The predicted molar refractivity (Wildman–Crippen MR) is 108 cm³/mol. The molecule has 29 heavy (non-hydrogen) atoms. The van der Waals surface area contributed by atoms with E-state index in [1.807, 2.05) is 6.92 Å². The van der Waals surface area contributed by atoms with Gasteiger partial charge in [0.15, 0.2) is 11.5 Å². The van der Waals surface area contributed by atoms with Crippen molar-refractivity contribution in [1.82, 2.24) is 5.43 Å². The molecule has 2 aromatic carbocycles. The number of phenols is 2. The number of carbonyl (C=O) groups excluding carboxylic acids is 1. The number of hydrogen-bond donors (Lipinski definition) is 4. The van der Waals surface area contributed by atoms with Gasteiger partial charge in [-0.15, -0.1) is 0 Å². The Labute approximate surface area is 181 Å². The first-order chi connectivity index (χ1) is 13.3. The fourth-order valence-corrected chi connectivity index (χ4v) is 2.00. The van der Waals surface area contributed by atoms with Crippen molar-refractivity contribution in [3.63, 3.8) is 0 Å². The quantitative estimate of drug-likeness (QED) is 0.180. The number of ether oxygens (including phenoxy) is 1. The Morgan fingerprint density at radius 1 is 1.21 bits per heavy atom. The van der Waals surface area contributed by atoms with Gasteiger partial charge in [-0.2, -0.15) is 11.5 Å². The molecule has 1 atom stereocenters. The third-order valence-electron chi connectivity index (χ3n) is 3.27. The fraction of sp³-hybridized carbons (Fsp3) is 0.238. The summed E-state index contributed by atoms with van der Waals surface area (Å²) in [5, 5.41) is 32.0. The van der Waals surface area contributed by atoms with E-state index in [-0.39, 0.29) is 40.2 Å². The minimum Gasteiger partial charge on any atom is -0.504 e. The molecule has 0 radical (unpaired) electrons. The number of carbonyl (C=O) groups is 1. The van der Waals surface area contributed by atoms with Gasteiger partial charge < -0.3 is 33.9 Å². The molecule has 7 nitrogen and oxygen atoms in total. The average molecular weight is 445 g/mol. The Kier molecular flexibility index (Phi) is 12.4. The van der Waals surface area contributed by atoms with E-state index in [1.165, 1.54) is 12.1 Å². The van der Waals surface area contributed by atoms with E-state index < -0.39 is 12.0 Å². The first-order valence-corrected chi connectivity index (χ1v) is 8.69. The van der Waals surface area contributed by atoms with E-state index >= 15 is 0 Å². The van der Waals surface area contributed by atoms with E-state index in [1.54, 1.807) is 31.2 Å². The van der Waals surface area contributed by atoms with Gasteiger partial charge in [0, 0.05) is 11.1 Å². The summed E-state index contributed by atoms with van der Waals surface area (Å²) in [6.07, 6.45) is 0.146. The number of aliphatic hydroxyl groups is 1. The molecular weight excluding hydrogens is 419 g/mol. The molecule has 0 aliphatic rings. The van der Waals surface area contributed by atoms with Gasteiger partial charge in [-0.25, -0.2) is 5.43 Å². The summed E-state index contributed by atoms with van der Waals surface area (Å²) < 4.78 is 5.47. The number of phenolic OH excluding ortho intramolecular Hbond substituents is 2. The van der Waals surface area contributed by atoms with Gasteiger partial charge >= 0.3 is 16.5 Å². The number of rotatable bonds is 6. The number of benzene rings is 2. The number of para-hydroxylation sites is 1. The van der Waals surface area contributed by atoms with E-state index in [4.69, 9.17) is 4.74 Å². The summed E-state index contributed by atoms with van der Waals surface area (Å²) in [5.41, 5.74) is 3.67. The van der Waals surface area contributed by atoms with E-state index in [9.17, 15) is 20.1 Å². The molecule has 1 unspecified atom stereocenters. The molecule has 0 aromatic heterocycles. The van der Waals surface area contributed by atoms with Gasteiger partial charge in [0.05, 0.1) is 12.3 Å². The molecule has 0 fully saturated rings. The molecule has 0 heterocycles. The maximum absolute atomic E-state index is 12.1. The first-order valence-electron chi connectivity index (χ1n) is 8.69. The molecule has 0 bridgehead atoms. The van der Waals surface area contributed by atoms with Crippen LogP contribution < -0.4 is 10.2 Å². The van der Waals surface area contributed by atoms with Gasteiger partial charge in [0.25, 0.3) is 5.91 Å². The minimum absolute atomic E-state index is 0. The van der Waals surface area contributed by atoms with Crippen molar-refractivity contribution in [2.24, 2.45) is 5.10 Å². The topological polar surface area (TPSA) is 111 Å². The second-order valence-corrected chi connectivity index (χ2v) is 5.80. The molecule has 0 spiro atoms. The smallest absolute Gasteiger partial charge is 0.504 e. The van der Waals surface area contributed by atoms with Crippen LogP contribution in [0, 0.1) is 13.8 Å². The molecule has 8 heteroatoms. The van der Waals surface area contributed by atoms with Crippen molar-refractivity contribution in [2.45, 2.75) is 26.4 Å². The maximum atomic E-state index is 12.1. The molecule has 0 saturated heterocycles. The van der Waals surface area contributed by atoms with E-state index in [0.29, 0.717) is 17.0 Å². The van der Waals surface area contributed by atoms with Gasteiger partial charge in [0.2, 0.25) is 0 Å². The van der Waals surface area contributed by atoms with Crippen molar-refractivity contribution in [3.05, 3.63) is 67.4 Å². The van der Waals surface area contributed by atoms with Gasteiger partial charge in [-0.05, 0) is 43.4 Å². The number of aliphatic hydroxyl groups excluding tert-OH is 1. The van der Waals surface area contributed by atoms with E-state index in [0.717, 1.165) is 12.5 Å². The Hall–Kier alpha value is -2.57. The summed E-state index contributed by atoms with van der Waals surface area (Å²) in [6, 6.07) is 10.8. The second kappa shape index (κ2) is 13.6. The molecule has 4 N–H and O–H groups in total. The number of hydrazone groups is 1. The van der Waals surface area contributed by atoms with Crippen LogP contribution in [0.5, 0.6) is 17.2 Å². The Balaban J connectivity index is 0.00000184. The zero-order valence-corrected chi connectivity index (χ0v) is 17.4. The normalized spacial score (nSPS) is 11.4. The van der Waals surface area contributed by atoms with Crippen LogP contribution in [0.25, 0.3) is 0 Å². The molecule has 0 aliphatic heterocycles. The van der Waals surface area contributed by atoms with Crippen molar-refractivity contribution in [2.75, 3.05) is 6.61 Å². The zero-order valence-electron chi connectivity index (χ0n) is 16.4. The molecule has 1 amide bonds. The van der Waals surface area contributed by atoms with Crippen LogP contribution in [0.15, 0.2) is 47.6 Å². The van der Waals surface area contributed by atoms with Gasteiger partial charge in [-0.1, -0.05) is 19.1 Å². The van der Waals surface area contributed by atoms with Crippen LogP contribution in [0.2, 0.25) is 0 Å². The number of amides is 1. The molecule has 2 aromatic rings. The number of nitrogens with zero attached hydrogens (tertiary/aromatic N) is 1. The largest absolute Gasteiger partial charge is 2.00 e.